The summed E-state index contributed by atoms with van der Waals surface area (Å²) in [6, 6.07) is 6.10. The normalized spacial score (nSPS) is 19.4. The Bertz CT molecular complexity index is 370. The molecule has 1 aromatic rings. The van der Waals surface area contributed by atoms with Crippen LogP contribution in [0.5, 0.6) is 0 Å². The summed E-state index contributed by atoms with van der Waals surface area (Å²) in [5.41, 5.74) is 9.18. The van der Waals surface area contributed by atoms with Crippen LogP contribution in [0.3, 0.4) is 0 Å². The van der Waals surface area contributed by atoms with Crippen molar-refractivity contribution < 1.29 is 4.74 Å². The molecule has 16 heavy (non-hydrogen) atoms. The Kier molecular flexibility index (Phi) is 3.06. The summed E-state index contributed by atoms with van der Waals surface area (Å²) < 4.78 is 5.39. The number of nitrogens with two attached hydrogens (primary N) is 1. The molecule has 0 saturated carbocycles. The first-order valence-electron chi connectivity index (χ1n) is 5.81. The molecule has 1 aliphatic rings. The van der Waals surface area contributed by atoms with E-state index in [2.05, 4.69) is 25.2 Å². The molecule has 1 fully saturated rings. The molecule has 3 nitrogen and oxygen atoms in total. The van der Waals surface area contributed by atoms with Gasteiger partial charge in [-0.1, -0.05) is 6.07 Å². The Morgan fingerprint density at radius 2 is 2.00 bits per heavy atom. The number of nitrogens with one attached hydrogen (secondary N) is 1. The maximum atomic E-state index is 5.97. The zero-order valence-corrected chi connectivity index (χ0v) is 10.0. The lowest BCUT2D eigenvalue weighted by Gasteiger charge is -2.35. The molecule has 1 aliphatic heterocycles. The van der Waals surface area contributed by atoms with Crippen molar-refractivity contribution in [3.05, 3.63) is 23.8 Å². The van der Waals surface area contributed by atoms with E-state index < -0.39 is 0 Å². The van der Waals surface area contributed by atoms with E-state index in [0.717, 1.165) is 37.4 Å². The second-order valence-corrected chi connectivity index (χ2v) is 4.89. The number of anilines is 2. The molecule has 1 aromatic carbocycles. The van der Waals surface area contributed by atoms with E-state index in [4.69, 9.17) is 10.5 Å². The standard InChI is InChI=1S/C13H20N2O/c1-10-3-4-11(14)12(9-10)15-13(2)5-7-16-8-6-13/h3-4,9,15H,5-8,14H2,1-2H3. The number of aryl methyl sites for hydroxylation is 1. The first kappa shape index (κ1) is 11.3. The fourth-order valence-electron chi connectivity index (χ4n) is 2.05. The molecule has 0 unspecified atom stereocenters. The highest BCUT2D eigenvalue weighted by Gasteiger charge is 2.27. The van der Waals surface area contributed by atoms with Gasteiger partial charge < -0.3 is 15.8 Å². The number of hydrogen-bond acceptors (Lipinski definition) is 3. The van der Waals surface area contributed by atoms with Crippen LogP contribution in [0.2, 0.25) is 0 Å². The van der Waals surface area contributed by atoms with Crippen molar-refractivity contribution in [2.75, 3.05) is 24.3 Å². The lowest BCUT2D eigenvalue weighted by atomic mass is 9.92. The highest BCUT2D eigenvalue weighted by molar-refractivity contribution is 5.67. The van der Waals surface area contributed by atoms with Gasteiger partial charge in [0.15, 0.2) is 0 Å². The van der Waals surface area contributed by atoms with Crippen molar-refractivity contribution in [1.82, 2.24) is 0 Å². The van der Waals surface area contributed by atoms with Crippen LogP contribution in [0.4, 0.5) is 11.4 Å². The summed E-state index contributed by atoms with van der Waals surface area (Å²) in [5, 5.41) is 3.56. The van der Waals surface area contributed by atoms with Gasteiger partial charge in [-0.2, -0.15) is 0 Å². The third kappa shape index (κ3) is 2.47. The first-order valence-corrected chi connectivity index (χ1v) is 5.81. The molecule has 3 heteroatoms. The van der Waals surface area contributed by atoms with E-state index in [1.807, 2.05) is 12.1 Å². The van der Waals surface area contributed by atoms with Crippen molar-refractivity contribution in [2.45, 2.75) is 32.2 Å². The van der Waals surface area contributed by atoms with Crippen LogP contribution in [0, 0.1) is 6.92 Å². The number of rotatable bonds is 2. The monoisotopic (exact) mass is 220 g/mol. The first-order chi connectivity index (χ1) is 7.59. The summed E-state index contributed by atoms with van der Waals surface area (Å²) in [4.78, 5) is 0. The van der Waals surface area contributed by atoms with Gasteiger partial charge in [-0.05, 0) is 44.4 Å². The molecule has 0 spiro atoms. The Labute approximate surface area is 97.0 Å². The Morgan fingerprint density at radius 3 is 2.69 bits per heavy atom. The van der Waals surface area contributed by atoms with Crippen molar-refractivity contribution >= 4 is 11.4 Å². The molecule has 0 bridgehead atoms. The van der Waals surface area contributed by atoms with Crippen molar-refractivity contribution in [3.63, 3.8) is 0 Å². The molecule has 2 rings (SSSR count). The lowest BCUT2D eigenvalue weighted by molar-refractivity contribution is 0.0658. The lowest BCUT2D eigenvalue weighted by Crippen LogP contribution is -2.40. The van der Waals surface area contributed by atoms with Crippen LogP contribution in [0.1, 0.15) is 25.3 Å². The molecule has 0 aliphatic carbocycles. The van der Waals surface area contributed by atoms with Gasteiger partial charge >= 0.3 is 0 Å². The second-order valence-electron chi connectivity index (χ2n) is 4.89. The van der Waals surface area contributed by atoms with Gasteiger partial charge in [0.25, 0.3) is 0 Å². The maximum Gasteiger partial charge on any atom is 0.0580 e. The van der Waals surface area contributed by atoms with E-state index in [0.29, 0.717) is 0 Å². The molecule has 0 atom stereocenters. The van der Waals surface area contributed by atoms with Crippen LogP contribution in [-0.4, -0.2) is 18.8 Å². The Balaban J connectivity index is 2.15. The van der Waals surface area contributed by atoms with E-state index in [-0.39, 0.29) is 5.54 Å². The van der Waals surface area contributed by atoms with E-state index in [1.54, 1.807) is 0 Å². The second kappa shape index (κ2) is 4.34. The Morgan fingerprint density at radius 1 is 1.31 bits per heavy atom. The summed E-state index contributed by atoms with van der Waals surface area (Å²) in [6.45, 7) is 5.97. The van der Waals surface area contributed by atoms with Gasteiger partial charge in [0.2, 0.25) is 0 Å². The number of hydrogen-bond donors (Lipinski definition) is 2. The fourth-order valence-corrected chi connectivity index (χ4v) is 2.05. The van der Waals surface area contributed by atoms with Crippen molar-refractivity contribution in [1.29, 1.82) is 0 Å². The van der Waals surface area contributed by atoms with Crippen LogP contribution < -0.4 is 11.1 Å². The molecule has 3 N–H and O–H groups in total. The van der Waals surface area contributed by atoms with Crippen molar-refractivity contribution in [2.24, 2.45) is 0 Å². The minimum absolute atomic E-state index is 0.111. The van der Waals surface area contributed by atoms with Gasteiger partial charge in [-0.15, -0.1) is 0 Å². The SMILES string of the molecule is Cc1ccc(N)c(NC2(C)CCOCC2)c1. The minimum Gasteiger partial charge on any atom is -0.397 e. The predicted molar refractivity (Wildman–Crippen MR) is 67.7 cm³/mol. The van der Waals surface area contributed by atoms with Gasteiger partial charge in [0.05, 0.1) is 11.4 Å². The number of ether oxygens (including phenoxy) is 1. The largest absolute Gasteiger partial charge is 0.397 e. The predicted octanol–water partition coefficient (Wildman–Crippen LogP) is 2.56. The average molecular weight is 220 g/mol. The highest BCUT2D eigenvalue weighted by Crippen LogP contribution is 2.29. The molecule has 1 saturated heterocycles. The summed E-state index contributed by atoms with van der Waals surface area (Å²) in [5.74, 6) is 0. The van der Waals surface area contributed by atoms with E-state index in [1.165, 1.54) is 5.56 Å². The van der Waals surface area contributed by atoms with Gasteiger partial charge in [-0.25, -0.2) is 0 Å². The maximum absolute atomic E-state index is 5.97. The van der Waals surface area contributed by atoms with E-state index in [9.17, 15) is 0 Å². The average Bonchev–Trinajstić information content (AvgIpc) is 2.24. The van der Waals surface area contributed by atoms with E-state index >= 15 is 0 Å². The smallest absolute Gasteiger partial charge is 0.0580 e. The van der Waals surface area contributed by atoms with Gasteiger partial charge in [-0.3, -0.25) is 0 Å². The van der Waals surface area contributed by atoms with Crippen LogP contribution in [0.25, 0.3) is 0 Å². The number of nitrogen functional groups attached to an aromatic ring is 1. The summed E-state index contributed by atoms with van der Waals surface area (Å²) in [6.07, 6.45) is 2.06. The molecule has 1 heterocycles. The molecule has 88 valence electrons. The van der Waals surface area contributed by atoms with Crippen LogP contribution >= 0.6 is 0 Å². The topological polar surface area (TPSA) is 47.3 Å². The molecular formula is C13H20N2O. The number of benzene rings is 1. The fraction of sp³-hybridized carbons (Fsp3) is 0.538. The molecule has 0 amide bonds. The van der Waals surface area contributed by atoms with Crippen LogP contribution in [-0.2, 0) is 4.74 Å². The summed E-state index contributed by atoms with van der Waals surface area (Å²) >= 11 is 0. The van der Waals surface area contributed by atoms with Gasteiger partial charge in [0, 0.05) is 18.8 Å². The highest BCUT2D eigenvalue weighted by atomic mass is 16.5. The van der Waals surface area contributed by atoms with Gasteiger partial charge in [0.1, 0.15) is 0 Å². The molecular weight excluding hydrogens is 200 g/mol. The zero-order valence-electron chi connectivity index (χ0n) is 10.0. The third-order valence-corrected chi connectivity index (χ3v) is 3.24. The molecule has 0 radical (unpaired) electrons. The zero-order chi connectivity index (χ0) is 11.6. The minimum atomic E-state index is 0.111. The van der Waals surface area contributed by atoms with Crippen LogP contribution in [0.15, 0.2) is 18.2 Å². The summed E-state index contributed by atoms with van der Waals surface area (Å²) in [7, 11) is 0. The third-order valence-electron chi connectivity index (χ3n) is 3.24. The Hall–Kier alpha value is -1.22. The molecule has 0 aromatic heterocycles. The quantitative estimate of drug-likeness (QED) is 0.753. The van der Waals surface area contributed by atoms with Crippen molar-refractivity contribution in [3.8, 4) is 0 Å².